The van der Waals surface area contributed by atoms with Crippen LogP contribution < -0.4 is 0 Å². The molecule has 0 amide bonds. The second-order valence-electron chi connectivity index (χ2n) is 4.42. The van der Waals surface area contributed by atoms with E-state index in [0.29, 0.717) is 5.57 Å². The molecule has 5 heteroatoms. The highest BCUT2D eigenvalue weighted by Gasteiger charge is 2.60. The second kappa shape index (κ2) is 4.74. The van der Waals surface area contributed by atoms with Gasteiger partial charge in [-0.25, -0.2) is 0 Å². The third-order valence-corrected chi connectivity index (χ3v) is 3.56. The van der Waals surface area contributed by atoms with Crippen molar-refractivity contribution in [1.82, 2.24) is 0 Å². The summed E-state index contributed by atoms with van der Waals surface area (Å²) in [6.07, 6.45) is 4.20. The van der Waals surface area contributed by atoms with Crippen LogP contribution >= 0.6 is 0 Å². The van der Waals surface area contributed by atoms with Crippen molar-refractivity contribution in [2.75, 3.05) is 21.3 Å². The summed E-state index contributed by atoms with van der Waals surface area (Å²) in [6, 6.07) is 0. The normalized spacial score (nSPS) is 31.9. The number of hydrogen-bond donors (Lipinski definition) is 1. The number of allylic oxidation sites excluding steroid dienone is 1. The number of rotatable bonds is 4. The maximum Gasteiger partial charge on any atom is 0.244 e. The summed E-state index contributed by atoms with van der Waals surface area (Å²) in [7, 11) is 4.37. The number of Topliss-reactive ketones (excluding diaryl/α,β-unsaturated/α-hetero) is 1. The van der Waals surface area contributed by atoms with Crippen molar-refractivity contribution in [3.63, 3.8) is 0 Å². The zero-order valence-electron chi connectivity index (χ0n) is 10.9. The molecule has 0 radical (unpaired) electrons. The van der Waals surface area contributed by atoms with E-state index in [0.717, 1.165) is 19.3 Å². The van der Waals surface area contributed by atoms with E-state index in [-0.39, 0.29) is 17.6 Å². The minimum absolute atomic E-state index is 0.0846. The van der Waals surface area contributed by atoms with Crippen LogP contribution in [-0.4, -0.2) is 43.9 Å². The number of ether oxygens (including phenoxy) is 3. The zero-order valence-corrected chi connectivity index (χ0v) is 10.9. The predicted molar refractivity (Wildman–Crippen MR) is 63.7 cm³/mol. The van der Waals surface area contributed by atoms with Crippen LogP contribution in [0, 0.1) is 0 Å². The van der Waals surface area contributed by atoms with Gasteiger partial charge in [-0.1, -0.05) is 6.08 Å². The van der Waals surface area contributed by atoms with Gasteiger partial charge in [-0.05, 0) is 19.3 Å². The van der Waals surface area contributed by atoms with E-state index >= 15 is 0 Å². The molecular weight excluding hydrogens is 236 g/mol. The van der Waals surface area contributed by atoms with Gasteiger partial charge in [0.05, 0.1) is 20.3 Å². The molecule has 18 heavy (non-hydrogen) atoms. The number of carbonyl (C=O) groups excluding carboxylic acids is 1. The van der Waals surface area contributed by atoms with Crippen molar-refractivity contribution >= 4 is 5.78 Å². The van der Waals surface area contributed by atoms with Crippen LogP contribution in [0.25, 0.3) is 0 Å². The van der Waals surface area contributed by atoms with E-state index in [4.69, 9.17) is 14.2 Å². The van der Waals surface area contributed by atoms with Crippen molar-refractivity contribution < 1.29 is 24.1 Å². The molecule has 0 aromatic carbocycles. The fourth-order valence-corrected chi connectivity index (χ4v) is 2.63. The molecule has 1 N–H and O–H groups in total. The van der Waals surface area contributed by atoms with Crippen molar-refractivity contribution in [2.45, 2.75) is 31.0 Å². The Bertz CT molecular complexity index is 423. The van der Waals surface area contributed by atoms with Gasteiger partial charge in [0.15, 0.2) is 5.76 Å². The van der Waals surface area contributed by atoms with Crippen LogP contribution in [0.4, 0.5) is 0 Å². The molecule has 2 rings (SSSR count). The first-order valence-electron chi connectivity index (χ1n) is 5.94. The molecular formula is C13H18O5. The molecule has 2 atom stereocenters. The first-order valence-corrected chi connectivity index (χ1v) is 5.94. The molecule has 100 valence electrons. The minimum Gasteiger partial charge on any atom is -0.493 e. The van der Waals surface area contributed by atoms with Crippen LogP contribution in [0.2, 0.25) is 0 Å². The van der Waals surface area contributed by atoms with Gasteiger partial charge in [0.2, 0.25) is 17.1 Å². The Kier molecular flexibility index (Phi) is 3.45. The third kappa shape index (κ3) is 1.58. The second-order valence-corrected chi connectivity index (χ2v) is 4.42. The van der Waals surface area contributed by atoms with E-state index in [9.17, 15) is 9.90 Å². The molecule has 5 nitrogen and oxygen atoms in total. The van der Waals surface area contributed by atoms with Gasteiger partial charge >= 0.3 is 0 Å². The first kappa shape index (κ1) is 13.1. The van der Waals surface area contributed by atoms with Crippen LogP contribution in [0.15, 0.2) is 23.2 Å². The zero-order chi connectivity index (χ0) is 13.3. The third-order valence-electron chi connectivity index (χ3n) is 3.56. The Morgan fingerprint density at radius 3 is 2.61 bits per heavy atom. The predicted octanol–water partition coefficient (Wildman–Crippen LogP) is 0.930. The topological polar surface area (TPSA) is 65.0 Å². The van der Waals surface area contributed by atoms with Gasteiger partial charge in [0.25, 0.3) is 0 Å². The number of hydrogen-bond acceptors (Lipinski definition) is 5. The van der Waals surface area contributed by atoms with Gasteiger partial charge < -0.3 is 19.3 Å². The lowest BCUT2D eigenvalue weighted by atomic mass is 9.72. The van der Waals surface area contributed by atoms with Crippen LogP contribution in [-0.2, 0) is 19.0 Å². The molecule has 0 saturated heterocycles. The minimum atomic E-state index is -1.71. The standard InChI is InChI=1S/C13H18O5/c1-16-9-7-5-4-6-8(9)13(15)11(14)10(17-2)12(13)18-3/h6,9,15H,4-5,7H2,1-3H3/t9-,13+/m1/s1. The molecule has 0 bridgehead atoms. The summed E-state index contributed by atoms with van der Waals surface area (Å²) in [6.45, 7) is 0. The molecule has 2 aliphatic carbocycles. The average Bonchev–Trinajstić information content (AvgIpc) is 2.42. The Hall–Kier alpha value is -1.33. The van der Waals surface area contributed by atoms with E-state index in [1.165, 1.54) is 14.2 Å². The van der Waals surface area contributed by atoms with E-state index < -0.39 is 11.4 Å². The summed E-state index contributed by atoms with van der Waals surface area (Å²) >= 11 is 0. The monoisotopic (exact) mass is 254 g/mol. The maximum absolute atomic E-state index is 12.0. The average molecular weight is 254 g/mol. The largest absolute Gasteiger partial charge is 0.493 e. The lowest BCUT2D eigenvalue weighted by molar-refractivity contribution is -0.142. The van der Waals surface area contributed by atoms with E-state index in [1.807, 2.05) is 6.08 Å². The number of methoxy groups -OCH3 is 3. The Morgan fingerprint density at radius 2 is 2.06 bits per heavy atom. The molecule has 0 aromatic heterocycles. The summed E-state index contributed by atoms with van der Waals surface area (Å²) in [5.74, 6) is -0.205. The molecule has 0 aliphatic heterocycles. The molecule has 0 unspecified atom stereocenters. The SMILES string of the molecule is COC1=C(OC)[C@](O)(C2=CCCC[C@H]2OC)C1=O. The van der Waals surface area contributed by atoms with Crippen LogP contribution in [0.3, 0.4) is 0 Å². The Labute approximate surface area is 106 Å². The molecule has 0 saturated carbocycles. The molecule has 0 fully saturated rings. The highest BCUT2D eigenvalue weighted by Crippen LogP contribution is 2.44. The summed E-state index contributed by atoms with van der Waals surface area (Å²) < 4.78 is 15.4. The Balaban J connectivity index is 2.41. The Morgan fingerprint density at radius 1 is 1.33 bits per heavy atom. The first-order chi connectivity index (χ1) is 8.61. The lowest BCUT2D eigenvalue weighted by Gasteiger charge is -2.41. The quantitative estimate of drug-likeness (QED) is 0.756. The van der Waals surface area contributed by atoms with Gasteiger partial charge in [-0.3, -0.25) is 4.79 Å². The smallest absolute Gasteiger partial charge is 0.244 e. The fraction of sp³-hybridized carbons (Fsp3) is 0.615. The highest BCUT2D eigenvalue weighted by molar-refractivity contribution is 6.12. The van der Waals surface area contributed by atoms with Gasteiger partial charge in [0.1, 0.15) is 0 Å². The van der Waals surface area contributed by atoms with E-state index in [1.54, 1.807) is 7.11 Å². The van der Waals surface area contributed by atoms with Gasteiger partial charge in [0, 0.05) is 12.7 Å². The fourth-order valence-electron chi connectivity index (χ4n) is 2.63. The van der Waals surface area contributed by atoms with Gasteiger partial charge in [-0.2, -0.15) is 0 Å². The van der Waals surface area contributed by atoms with Crippen LogP contribution in [0.1, 0.15) is 19.3 Å². The van der Waals surface area contributed by atoms with Crippen molar-refractivity contribution in [3.8, 4) is 0 Å². The van der Waals surface area contributed by atoms with Crippen LogP contribution in [0.5, 0.6) is 0 Å². The highest BCUT2D eigenvalue weighted by atomic mass is 16.5. The number of carbonyl (C=O) groups is 1. The number of ketones is 1. The molecule has 0 spiro atoms. The maximum atomic E-state index is 12.0. The van der Waals surface area contributed by atoms with Crippen molar-refractivity contribution in [2.24, 2.45) is 0 Å². The van der Waals surface area contributed by atoms with Crippen molar-refractivity contribution in [3.05, 3.63) is 23.2 Å². The molecule has 2 aliphatic rings. The summed E-state index contributed by atoms with van der Waals surface area (Å²) in [5.41, 5.74) is -1.14. The molecule has 0 heterocycles. The lowest BCUT2D eigenvalue weighted by Crippen LogP contribution is -2.56. The van der Waals surface area contributed by atoms with E-state index in [2.05, 4.69) is 0 Å². The summed E-state index contributed by atoms with van der Waals surface area (Å²) in [4.78, 5) is 12.0. The number of aliphatic hydroxyl groups is 1. The van der Waals surface area contributed by atoms with Gasteiger partial charge in [-0.15, -0.1) is 0 Å². The summed E-state index contributed by atoms with van der Waals surface area (Å²) in [5, 5.41) is 10.6. The molecule has 0 aromatic rings. The van der Waals surface area contributed by atoms with Crippen molar-refractivity contribution in [1.29, 1.82) is 0 Å².